The average molecular weight is 333 g/mol. The van der Waals surface area contributed by atoms with Crippen LogP contribution in [0.5, 0.6) is 0 Å². The van der Waals surface area contributed by atoms with Gasteiger partial charge in [0.1, 0.15) is 11.6 Å². The fourth-order valence-electron chi connectivity index (χ4n) is 2.77. The minimum Gasteiger partial charge on any atom is -0.290 e. The minimum atomic E-state index is -3.80. The summed E-state index contributed by atoms with van der Waals surface area (Å²) in [5.41, 5.74) is 2.43. The molecule has 1 unspecified atom stereocenters. The Bertz CT molecular complexity index is 892. The van der Waals surface area contributed by atoms with Crippen molar-refractivity contribution in [2.45, 2.75) is 19.2 Å². The Hall–Kier alpha value is -2.21. The summed E-state index contributed by atoms with van der Waals surface area (Å²) < 4.78 is 39.0. The van der Waals surface area contributed by atoms with Crippen LogP contribution in [0, 0.1) is 19.7 Å². The molecule has 4 nitrogen and oxygen atoms in total. The first-order chi connectivity index (χ1) is 10.8. The van der Waals surface area contributed by atoms with E-state index in [1.165, 1.54) is 23.1 Å². The summed E-state index contributed by atoms with van der Waals surface area (Å²) in [6, 6.07) is 10.9. The number of nitrogens with zero attached hydrogens (tertiary/aromatic N) is 1. The van der Waals surface area contributed by atoms with Gasteiger partial charge in [-0.1, -0.05) is 24.3 Å². The van der Waals surface area contributed by atoms with Gasteiger partial charge in [0.15, 0.2) is 15.2 Å². The van der Waals surface area contributed by atoms with Crippen molar-refractivity contribution in [3.05, 3.63) is 65.0 Å². The van der Waals surface area contributed by atoms with Crippen LogP contribution in [0.15, 0.2) is 42.5 Å². The van der Waals surface area contributed by atoms with Gasteiger partial charge in [0.25, 0.3) is 0 Å². The smallest absolute Gasteiger partial charge is 0.243 e. The molecule has 6 heteroatoms. The lowest BCUT2D eigenvalue weighted by atomic mass is 10.1. The molecule has 0 radical (unpaired) electrons. The highest BCUT2D eigenvalue weighted by Crippen LogP contribution is 2.38. The fraction of sp³-hybridized carbons (Fsp3) is 0.235. The lowest BCUT2D eigenvalue weighted by Crippen LogP contribution is -2.29. The zero-order valence-corrected chi connectivity index (χ0v) is 13.6. The molecule has 0 saturated carbocycles. The number of carbonyl (C=O) groups excluding carboxylic acids is 1. The highest BCUT2D eigenvalue weighted by Gasteiger charge is 2.46. The maximum absolute atomic E-state index is 14.1. The lowest BCUT2D eigenvalue weighted by molar-refractivity contribution is -0.115. The van der Waals surface area contributed by atoms with Gasteiger partial charge >= 0.3 is 0 Å². The Morgan fingerprint density at radius 1 is 1.09 bits per heavy atom. The van der Waals surface area contributed by atoms with Crippen molar-refractivity contribution in [2.24, 2.45) is 0 Å². The Morgan fingerprint density at radius 3 is 2.43 bits per heavy atom. The number of rotatable bonds is 2. The van der Waals surface area contributed by atoms with Crippen LogP contribution < -0.4 is 4.90 Å². The van der Waals surface area contributed by atoms with E-state index < -0.39 is 32.7 Å². The van der Waals surface area contributed by atoms with E-state index in [0.29, 0.717) is 5.69 Å². The van der Waals surface area contributed by atoms with E-state index in [9.17, 15) is 17.6 Å². The molecule has 0 aliphatic carbocycles. The molecule has 2 aromatic rings. The normalized spacial score (nSPS) is 20.0. The number of anilines is 1. The van der Waals surface area contributed by atoms with Crippen LogP contribution in [0.25, 0.3) is 0 Å². The van der Waals surface area contributed by atoms with Gasteiger partial charge in [0.05, 0.1) is 0 Å². The van der Waals surface area contributed by atoms with Gasteiger partial charge in [0.2, 0.25) is 5.91 Å². The summed E-state index contributed by atoms with van der Waals surface area (Å²) in [5, 5.41) is -1.32. The van der Waals surface area contributed by atoms with Crippen LogP contribution in [0.2, 0.25) is 0 Å². The van der Waals surface area contributed by atoms with E-state index in [1.54, 1.807) is 18.2 Å². The molecule has 0 bridgehead atoms. The zero-order chi connectivity index (χ0) is 16.8. The molecule has 1 aliphatic heterocycles. The molecule has 1 amide bonds. The van der Waals surface area contributed by atoms with Crippen LogP contribution in [0.4, 0.5) is 10.1 Å². The Morgan fingerprint density at radius 2 is 1.78 bits per heavy atom. The first-order valence-corrected chi connectivity index (χ1v) is 8.88. The number of aryl methyl sites for hydroxylation is 2. The second-order valence-electron chi connectivity index (χ2n) is 5.71. The topological polar surface area (TPSA) is 54.5 Å². The summed E-state index contributed by atoms with van der Waals surface area (Å²) in [6.45, 7) is 3.81. The van der Waals surface area contributed by atoms with Gasteiger partial charge in [-0.15, -0.1) is 0 Å². The van der Waals surface area contributed by atoms with E-state index in [0.717, 1.165) is 11.1 Å². The van der Waals surface area contributed by atoms with Gasteiger partial charge < -0.3 is 0 Å². The molecule has 1 atom stereocenters. The quantitative estimate of drug-likeness (QED) is 0.849. The summed E-state index contributed by atoms with van der Waals surface area (Å²) in [6.07, 6.45) is 0. The molecular formula is C17H16FNO3S. The van der Waals surface area contributed by atoms with E-state index in [1.807, 2.05) is 19.9 Å². The van der Waals surface area contributed by atoms with Crippen molar-refractivity contribution in [3.8, 4) is 0 Å². The van der Waals surface area contributed by atoms with Crippen molar-refractivity contribution >= 4 is 21.4 Å². The maximum atomic E-state index is 14.1. The van der Waals surface area contributed by atoms with Crippen LogP contribution in [0.3, 0.4) is 0 Å². The van der Waals surface area contributed by atoms with Gasteiger partial charge in [-0.2, -0.15) is 0 Å². The number of benzene rings is 2. The van der Waals surface area contributed by atoms with Crippen molar-refractivity contribution < 1.29 is 17.6 Å². The predicted molar refractivity (Wildman–Crippen MR) is 86.3 cm³/mol. The first kappa shape index (κ1) is 15.7. The standard InChI is InChI=1S/C17H16FNO3S/c1-11-7-8-13(9-12(11)2)19-16(20)10-23(21,22)17(19)14-5-3-4-6-15(14)18/h3-9,17H,10H2,1-2H3. The van der Waals surface area contributed by atoms with Crippen molar-refractivity contribution in [1.82, 2.24) is 0 Å². The third-order valence-electron chi connectivity index (χ3n) is 4.11. The van der Waals surface area contributed by atoms with Crippen LogP contribution in [-0.4, -0.2) is 20.1 Å². The maximum Gasteiger partial charge on any atom is 0.243 e. The van der Waals surface area contributed by atoms with Gasteiger partial charge in [-0.05, 0) is 43.2 Å². The number of sulfone groups is 1. The average Bonchev–Trinajstić information content (AvgIpc) is 2.71. The number of hydrogen-bond donors (Lipinski definition) is 0. The van der Waals surface area contributed by atoms with E-state index in [4.69, 9.17) is 0 Å². The fourth-order valence-corrected chi connectivity index (χ4v) is 4.55. The van der Waals surface area contributed by atoms with E-state index in [2.05, 4.69) is 0 Å². The molecule has 120 valence electrons. The summed E-state index contributed by atoms with van der Waals surface area (Å²) in [4.78, 5) is 13.5. The second kappa shape index (κ2) is 5.45. The van der Waals surface area contributed by atoms with E-state index >= 15 is 0 Å². The molecule has 1 saturated heterocycles. The summed E-state index contributed by atoms with van der Waals surface area (Å²) in [7, 11) is -3.80. The number of amides is 1. The highest BCUT2D eigenvalue weighted by molar-refractivity contribution is 7.93. The SMILES string of the molecule is Cc1ccc(N2C(=O)CS(=O)(=O)C2c2ccccc2F)cc1C. The van der Waals surface area contributed by atoms with Gasteiger partial charge in [-0.25, -0.2) is 12.8 Å². The third kappa shape index (κ3) is 2.63. The molecule has 3 rings (SSSR count). The monoisotopic (exact) mass is 333 g/mol. The molecule has 0 spiro atoms. The molecule has 23 heavy (non-hydrogen) atoms. The molecular weight excluding hydrogens is 317 g/mol. The second-order valence-corrected chi connectivity index (χ2v) is 7.77. The zero-order valence-electron chi connectivity index (χ0n) is 12.8. The molecule has 1 aliphatic rings. The number of hydrogen-bond acceptors (Lipinski definition) is 3. The predicted octanol–water partition coefficient (Wildman–Crippen LogP) is 2.90. The Kier molecular flexibility index (Phi) is 3.72. The minimum absolute atomic E-state index is 0.00317. The third-order valence-corrected chi connectivity index (χ3v) is 5.90. The van der Waals surface area contributed by atoms with Gasteiger partial charge in [0, 0.05) is 11.3 Å². The first-order valence-electron chi connectivity index (χ1n) is 7.16. The van der Waals surface area contributed by atoms with Crippen molar-refractivity contribution in [2.75, 3.05) is 10.7 Å². The van der Waals surface area contributed by atoms with Crippen molar-refractivity contribution in [1.29, 1.82) is 0 Å². The number of halogens is 1. The molecule has 0 N–H and O–H groups in total. The molecule has 1 heterocycles. The lowest BCUT2D eigenvalue weighted by Gasteiger charge is -2.24. The van der Waals surface area contributed by atoms with E-state index in [-0.39, 0.29) is 5.56 Å². The Labute approximate surface area is 134 Å². The Balaban J connectivity index is 2.19. The number of carbonyl (C=O) groups is 1. The summed E-state index contributed by atoms with van der Waals surface area (Å²) >= 11 is 0. The van der Waals surface area contributed by atoms with Crippen LogP contribution in [-0.2, 0) is 14.6 Å². The molecule has 0 aromatic heterocycles. The summed E-state index contributed by atoms with van der Waals surface area (Å²) in [5.74, 6) is -1.79. The molecule has 2 aromatic carbocycles. The molecule has 1 fully saturated rings. The van der Waals surface area contributed by atoms with Crippen LogP contribution in [0.1, 0.15) is 22.1 Å². The highest BCUT2D eigenvalue weighted by atomic mass is 32.2. The van der Waals surface area contributed by atoms with Gasteiger partial charge in [-0.3, -0.25) is 9.69 Å². The largest absolute Gasteiger partial charge is 0.290 e. The van der Waals surface area contributed by atoms with Crippen molar-refractivity contribution in [3.63, 3.8) is 0 Å². The van der Waals surface area contributed by atoms with Crippen LogP contribution >= 0.6 is 0 Å².